The van der Waals surface area contributed by atoms with Crippen molar-refractivity contribution in [2.24, 2.45) is 0 Å². The van der Waals surface area contributed by atoms with Gasteiger partial charge in [0.1, 0.15) is 11.8 Å². The second-order valence-electron chi connectivity index (χ2n) is 7.75. The molecule has 0 bridgehead atoms. The van der Waals surface area contributed by atoms with E-state index < -0.39 is 22.0 Å². The number of hydrogen-bond donors (Lipinski definition) is 3. The van der Waals surface area contributed by atoms with E-state index in [-0.39, 0.29) is 17.2 Å². The first-order chi connectivity index (χ1) is 16.2. The highest BCUT2D eigenvalue weighted by Gasteiger charge is 2.27. The summed E-state index contributed by atoms with van der Waals surface area (Å²) < 4.78 is 34.0. The van der Waals surface area contributed by atoms with Gasteiger partial charge in [-0.3, -0.25) is 9.59 Å². The fourth-order valence-corrected chi connectivity index (χ4v) is 4.70. The van der Waals surface area contributed by atoms with Crippen LogP contribution in [0.2, 0.25) is 0 Å². The third kappa shape index (κ3) is 6.66. The first kappa shape index (κ1) is 24.9. The third-order valence-electron chi connectivity index (χ3n) is 5.02. The van der Waals surface area contributed by atoms with Crippen LogP contribution in [0.5, 0.6) is 5.75 Å². The largest absolute Gasteiger partial charge is 0.496 e. The summed E-state index contributed by atoms with van der Waals surface area (Å²) in [7, 11) is -2.50. The quantitative estimate of drug-likeness (QED) is 0.433. The number of carbonyl (C=O) groups is 2. The molecule has 9 heteroatoms. The molecule has 0 aromatic heterocycles. The average Bonchev–Trinajstić information content (AvgIpc) is 2.79. The Balaban J connectivity index is 1.87. The number of rotatable bonds is 9. The van der Waals surface area contributed by atoms with E-state index in [0.29, 0.717) is 22.7 Å². The summed E-state index contributed by atoms with van der Waals surface area (Å²) in [6.45, 7) is 3.13. The minimum Gasteiger partial charge on any atom is -0.496 e. The Hall–Kier alpha value is -3.69. The topological polar surface area (TPSA) is 114 Å². The van der Waals surface area contributed by atoms with Crippen LogP contribution in [0.1, 0.15) is 18.1 Å². The highest BCUT2D eigenvalue weighted by atomic mass is 32.2. The van der Waals surface area contributed by atoms with Crippen molar-refractivity contribution in [2.75, 3.05) is 17.7 Å². The highest BCUT2D eigenvalue weighted by Crippen LogP contribution is 2.22. The molecule has 3 rings (SSSR count). The van der Waals surface area contributed by atoms with Crippen molar-refractivity contribution >= 4 is 33.2 Å². The summed E-state index contributed by atoms with van der Waals surface area (Å²) >= 11 is 0. The van der Waals surface area contributed by atoms with Crippen molar-refractivity contribution < 1.29 is 22.7 Å². The Morgan fingerprint density at radius 1 is 0.912 bits per heavy atom. The molecule has 3 N–H and O–H groups in total. The van der Waals surface area contributed by atoms with Crippen molar-refractivity contribution in [1.29, 1.82) is 0 Å². The first-order valence-corrected chi connectivity index (χ1v) is 12.1. The molecule has 1 atom stereocenters. The zero-order valence-corrected chi connectivity index (χ0v) is 20.0. The first-order valence-electron chi connectivity index (χ1n) is 10.6. The minimum absolute atomic E-state index is 0.0318. The molecule has 2 amide bonds. The van der Waals surface area contributed by atoms with E-state index in [1.165, 1.54) is 26.2 Å². The van der Waals surface area contributed by atoms with Gasteiger partial charge in [-0.15, -0.1) is 0 Å². The van der Waals surface area contributed by atoms with E-state index in [4.69, 9.17) is 4.74 Å². The van der Waals surface area contributed by atoms with E-state index in [1.807, 2.05) is 30.3 Å². The number of anilines is 2. The lowest BCUT2D eigenvalue weighted by molar-refractivity contribution is -0.117. The van der Waals surface area contributed by atoms with Gasteiger partial charge >= 0.3 is 0 Å². The molecule has 3 aromatic carbocycles. The van der Waals surface area contributed by atoms with Crippen molar-refractivity contribution in [3.05, 3.63) is 83.9 Å². The lowest BCUT2D eigenvalue weighted by Gasteiger charge is -2.19. The van der Waals surface area contributed by atoms with Crippen LogP contribution in [0.15, 0.2) is 77.7 Å². The second-order valence-corrected chi connectivity index (χ2v) is 9.46. The number of amides is 2. The van der Waals surface area contributed by atoms with E-state index in [0.717, 1.165) is 5.56 Å². The molecule has 34 heavy (non-hydrogen) atoms. The second kappa shape index (κ2) is 11.0. The van der Waals surface area contributed by atoms with Gasteiger partial charge in [0, 0.05) is 18.3 Å². The lowest BCUT2D eigenvalue weighted by atomic mass is 10.1. The van der Waals surface area contributed by atoms with Crippen LogP contribution in [-0.2, 0) is 26.0 Å². The molecular formula is C25H27N3O5S. The van der Waals surface area contributed by atoms with Crippen LogP contribution in [0, 0.1) is 6.92 Å². The predicted molar refractivity (Wildman–Crippen MR) is 131 cm³/mol. The maximum atomic E-state index is 13.2. The molecule has 0 saturated carbocycles. The Bertz CT molecular complexity index is 1280. The molecule has 3 aromatic rings. The molecule has 0 fully saturated rings. The fraction of sp³-hybridized carbons (Fsp3) is 0.200. The van der Waals surface area contributed by atoms with Gasteiger partial charge < -0.3 is 15.4 Å². The van der Waals surface area contributed by atoms with Crippen LogP contribution in [0.3, 0.4) is 0 Å². The van der Waals surface area contributed by atoms with Gasteiger partial charge in [-0.2, -0.15) is 4.72 Å². The molecule has 8 nitrogen and oxygen atoms in total. The van der Waals surface area contributed by atoms with Gasteiger partial charge in [-0.1, -0.05) is 36.4 Å². The zero-order valence-electron chi connectivity index (χ0n) is 19.2. The SMILES string of the molecule is COc1ccc(S(=O)(=O)NC(Cc2ccccc2)C(=O)Nc2cccc(NC(C)=O)c2)cc1C. The number of benzene rings is 3. The van der Waals surface area contributed by atoms with Gasteiger partial charge in [0.15, 0.2) is 0 Å². The summed E-state index contributed by atoms with van der Waals surface area (Å²) in [6.07, 6.45) is 0.145. The number of aryl methyl sites for hydroxylation is 1. The van der Waals surface area contributed by atoms with Gasteiger partial charge in [0.05, 0.1) is 12.0 Å². The molecule has 1 unspecified atom stereocenters. The molecule has 0 aliphatic rings. The highest BCUT2D eigenvalue weighted by molar-refractivity contribution is 7.89. The average molecular weight is 482 g/mol. The van der Waals surface area contributed by atoms with E-state index in [9.17, 15) is 18.0 Å². The summed E-state index contributed by atoms with van der Waals surface area (Å²) in [4.78, 5) is 24.5. The normalized spacial score (nSPS) is 12.0. The van der Waals surface area contributed by atoms with Crippen LogP contribution in [0.4, 0.5) is 11.4 Å². The minimum atomic E-state index is -4.01. The Morgan fingerprint density at radius 3 is 2.21 bits per heavy atom. The van der Waals surface area contributed by atoms with Gasteiger partial charge in [0.25, 0.3) is 0 Å². The summed E-state index contributed by atoms with van der Waals surface area (Å²) in [6, 6.07) is 19.2. The monoisotopic (exact) mass is 481 g/mol. The van der Waals surface area contributed by atoms with Gasteiger partial charge in [-0.25, -0.2) is 8.42 Å². The van der Waals surface area contributed by atoms with Crippen LogP contribution in [0.25, 0.3) is 0 Å². The number of sulfonamides is 1. The fourth-order valence-electron chi connectivity index (χ4n) is 3.42. The Labute approximate surface area is 199 Å². The zero-order chi connectivity index (χ0) is 24.7. The van der Waals surface area contributed by atoms with Crippen LogP contribution in [-0.4, -0.2) is 33.4 Å². The summed E-state index contributed by atoms with van der Waals surface area (Å²) in [5.74, 6) is -0.206. The summed E-state index contributed by atoms with van der Waals surface area (Å²) in [5, 5.41) is 5.39. The molecule has 0 saturated heterocycles. The number of carbonyl (C=O) groups excluding carboxylic acids is 2. The molecule has 0 heterocycles. The van der Waals surface area contributed by atoms with E-state index >= 15 is 0 Å². The standard InChI is InChI=1S/C25H27N3O5S/c1-17-14-22(12-13-24(17)33-3)34(31,32)28-23(15-19-8-5-4-6-9-19)25(30)27-21-11-7-10-20(16-21)26-18(2)29/h4-14,16,23,28H,15H2,1-3H3,(H,26,29)(H,27,30). The van der Waals surface area contributed by atoms with Crippen molar-refractivity contribution in [1.82, 2.24) is 4.72 Å². The van der Waals surface area contributed by atoms with Gasteiger partial charge in [-0.05, 0) is 60.9 Å². The van der Waals surface area contributed by atoms with Crippen LogP contribution >= 0.6 is 0 Å². The Morgan fingerprint density at radius 2 is 1.59 bits per heavy atom. The van der Waals surface area contributed by atoms with Crippen molar-refractivity contribution in [3.63, 3.8) is 0 Å². The molecule has 0 radical (unpaired) electrons. The number of methoxy groups -OCH3 is 1. The smallest absolute Gasteiger partial charge is 0.242 e. The van der Waals surface area contributed by atoms with Crippen LogP contribution < -0.4 is 20.1 Å². The van der Waals surface area contributed by atoms with Crippen molar-refractivity contribution in [2.45, 2.75) is 31.2 Å². The maximum Gasteiger partial charge on any atom is 0.242 e. The molecule has 0 aliphatic carbocycles. The lowest BCUT2D eigenvalue weighted by Crippen LogP contribution is -2.45. The predicted octanol–water partition coefficient (Wildman–Crippen LogP) is 3.49. The molecular weight excluding hydrogens is 454 g/mol. The Kier molecular flexibility index (Phi) is 8.04. The maximum absolute atomic E-state index is 13.2. The number of hydrogen-bond acceptors (Lipinski definition) is 5. The molecule has 0 aliphatic heterocycles. The summed E-state index contributed by atoms with van der Waals surface area (Å²) in [5.41, 5.74) is 2.39. The molecule has 178 valence electrons. The molecule has 0 spiro atoms. The third-order valence-corrected chi connectivity index (χ3v) is 6.49. The van der Waals surface area contributed by atoms with Crippen molar-refractivity contribution in [3.8, 4) is 5.75 Å². The van der Waals surface area contributed by atoms with Gasteiger partial charge in [0.2, 0.25) is 21.8 Å². The van der Waals surface area contributed by atoms with E-state index in [1.54, 1.807) is 37.3 Å². The number of ether oxygens (including phenoxy) is 1. The number of nitrogens with one attached hydrogen (secondary N) is 3. The van der Waals surface area contributed by atoms with E-state index in [2.05, 4.69) is 15.4 Å².